The number of aromatic hydroxyl groups is 1. The number of hydrogen-bond acceptors (Lipinski definition) is 13. The van der Waals surface area contributed by atoms with E-state index < -0.39 is 17.6 Å². The average Bonchev–Trinajstić information content (AvgIpc) is 4.03. The molecule has 3 atom stereocenters. The van der Waals surface area contributed by atoms with Gasteiger partial charge in [0.2, 0.25) is 17.7 Å². The Hall–Kier alpha value is -6.81. The number of amides is 3. The van der Waals surface area contributed by atoms with Crippen molar-refractivity contribution < 1.29 is 33.0 Å². The van der Waals surface area contributed by atoms with Crippen LogP contribution in [0.2, 0.25) is 0 Å². The maximum atomic E-state index is 17.1. The zero-order valence-corrected chi connectivity index (χ0v) is 42.9. The summed E-state index contributed by atoms with van der Waals surface area (Å²) in [5.41, 5.74) is 3.41. The van der Waals surface area contributed by atoms with Crippen LogP contribution in [-0.4, -0.2) is 145 Å². The highest BCUT2D eigenvalue weighted by Gasteiger charge is 2.49. The van der Waals surface area contributed by atoms with Gasteiger partial charge in [0.1, 0.15) is 34.7 Å². The number of piperazine rings is 1. The molecule has 6 aliphatic heterocycles. The molecule has 16 nitrogen and oxygen atoms in total. The third-order valence-corrected chi connectivity index (χ3v) is 18.3. The zero-order valence-electron chi connectivity index (χ0n) is 42.9. The number of hydrogen-bond donors (Lipinski definition) is 3. The van der Waals surface area contributed by atoms with E-state index in [0.29, 0.717) is 92.4 Å². The Morgan fingerprint density at radius 3 is 2.41 bits per heavy atom. The van der Waals surface area contributed by atoms with Gasteiger partial charge >= 0.3 is 6.01 Å². The van der Waals surface area contributed by atoms with Crippen molar-refractivity contribution in [2.24, 2.45) is 12.5 Å². The van der Waals surface area contributed by atoms with Crippen molar-refractivity contribution in [3.63, 3.8) is 0 Å². The van der Waals surface area contributed by atoms with Crippen LogP contribution in [0.3, 0.4) is 0 Å². The molecule has 3 N–H and O–H groups in total. The van der Waals surface area contributed by atoms with Gasteiger partial charge in [-0.15, -0.1) is 6.42 Å². The molecule has 76 heavy (non-hydrogen) atoms. The minimum absolute atomic E-state index is 0.0113. The number of rotatable bonds is 9. The lowest BCUT2D eigenvalue weighted by Crippen LogP contribution is -2.57. The van der Waals surface area contributed by atoms with Crippen molar-refractivity contribution in [3.05, 3.63) is 77.1 Å². The van der Waals surface area contributed by atoms with E-state index in [2.05, 4.69) is 64.3 Å². The van der Waals surface area contributed by atoms with Crippen LogP contribution >= 0.6 is 0 Å². The summed E-state index contributed by atoms with van der Waals surface area (Å²) in [5.74, 6) is 1.18. The lowest BCUT2D eigenvalue weighted by Gasteiger charge is -2.56. The molecule has 1 saturated carbocycles. The van der Waals surface area contributed by atoms with Crippen molar-refractivity contribution in [2.45, 2.75) is 113 Å². The molecule has 6 aromatic rings. The molecule has 0 radical (unpaired) electrons. The molecule has 1 spiro atoms. The predicted octanol–water partition coefficient (Wildman–Crippen LogP) is 6.65. The lowest BCUT2D eigenvalue weighted by molar-refractivity contribution is -0.138. The number of carbonyl (C=O) groups is 3. The number of aryl methyl sites for hydroxylation is 1. The highest BCUT2D eigenvalue weighted by Crippen LogP contribution is 2.52. The predicted molar refractivity (Wildman–Crippen MR) is 283 cm³/mol. The van der Waals surface area contributed by atoms with Gasteiger partial charge in [-0.2, -0.15) is 15.1 Å². The van der Waals surface area contributed by atoms with Crippen LogP contribution in [0.4, 0.5) is 14.6 Å². The maximum Gasteiger partial charge on any atom is 0.319 e. The first-order chi connectivity index (χ1) is 36.9. The molecule has 13 rings (SSSR count). The molecule has 3 aromatic carbocycles. The summed E-state index contributed by atoms with van der Waals surface area (Å²) in [6.45, 7) is 6.81. The number of aromatic nitrogens is 5. The normalized spacial score (nSPS) is 23.9. The minimum Gasteiger partial charge on any atom is -0.508 e. The Morgan fingerprint density at radius 2 is 1.67 bits per heavy atom. The summed E-state index contributed by atoms with van der Waals surface area (Å²) in [6, 6.07) is 13.3. The number of likely N-dealkylation sites (tertiary alicyclic amines) is 3. The van der Waals surface area contributed by atoms with Gasteiger partial charge in [-0.3, -0.25) is 34.3 Å². The van der Waals surface area contributed by atoms with Crippen molar-refractivity contribution in [1.82, 2.24) is 50.1 Å². The second-order valence-electron chi connectivity index (χ2n) is 22.8. The summed E-state index contributed by atoms with van der Waals surface area (Å²) < 4.78 is 40.6. The number of nitrogens with zero attached hydrogens (tertiary/aromatic N) is 9. The third-order valence-electron chi connectivity index (χ3n) is 18.3. The average molecular weight is 1030 g/mol. The third kappa shape index (κ3) is 8.87. The Bertz CT molecular complexity index is 3350. The van der Waals surface area contributed by atoms with Gasteiger partial charge < -0.3 is 29.9 Å². The summed E-state index contributed by atoms with van der Waals surface area (Å²) in [4.78, 5) is 61.5. The number of imide groups is 1. The largest absolute Gasteiger partial charge is 0.508 e. The van der Waals surface area contributed by atoms with E-state index in [-0.39, 0.29) is 75.4 Å². The molecule has 3 aromatic heterocycles. The van der Waals surface area contributed by atoms with Crippen LogP contribution in [0.1, 0.15) is 106 Å². The SMILES string of the molecule is C#Cc1c(F)ccc2cc(O)cc(-c3ncc4c(N5CC6CCC(C5)N6)nc(OC5CCN(CC(=O)N6CCC7(CC6)CC(N6CCC(c8ccc9c(C%10CCC(=O)NC%10=O)nn(C)c9c8)CC6)C7)CC5)nc4c3F)c12. The Balaban J connectivity index is 0.612. The van der Waals surface area contributed by atoms with E-state index in [1.807, 2.05) is 11.7 Å². The van der Waals surface area contributed by atoms with E-state index in [9.17, 15) is 19.5 Å². The number of nitrogens with one attached hydrogen (secondary N) is 2. The summed E-state index contributed by atoms with van der Waals surface area (Å²) >= 11 is 0. The minimum atomic E-state index is -0.753. The van der Waals surface area contributed by atoms with Crippen molar-refractivity contribution >= 4 is 56.1 Å². The molecular weight excluding hydrogens is 969 g/mol. The number of anilines is 1. The van der Waals surface area contributed by atoms with E-state index >= 15 is 8.78 Å². The van der Waals surface area contributed by atoms with Crippen molar-refractivity contribution in [2.75, 3.05) is 63.8 Å². The van der Waals surface area contributed by atoms with Gasteiger partial charge in [-0.05, 0) is 130 Å². The number of ether oxygens (including phenoxy) is 1. The molecule has 3 amide bonds. The van der Waals surface area contributed by atoms with Crippen LogP contribution in [0, 0.1) is 29.4 Å². The number of benzene rings is 3. The standard InChI is InChI=1S/C58H63F2N11O5/c1-3-41-46(59)10-5-35-24-39(72)26-44(50(35)41)53-51(60)54-45(29-61-53)55(71-30-36-6-7-37(31-71)62-36)65-57(64-54)76-40-14-18-68(19-15-40)32-49(74)70-22-16-58(17-23-70)27-38(28-58)69-20-12-33(13-21-69)34-4-8-42-47(25-34)67(2)66-52(42)43-9-11-48(73)63-56(43)75/h1,4-5,8,10,24-26,29,33,36-38,40,43,62,72H,6-7,9,11-23,27-28,30-32H2,2H3,(H,63,73,75). The number of piperidine rings is 4. The van der Waals surface area contributed by atoms with Crippen LogP contribution in [-0.2, 0) is 21.4 Å². The summed E-state index contributed by atoms with van der Waals surface area (Å²) in [6.07, 6.45) is 18.0. The van der Waals surface area contributed by atoms with Crippen molar-refractivity contribution in [3.8, 4) is 35.4 Å². The fourth-order valence-corrected chi connectivity index (χ4v) is 14.1. The number of pyridine rings is 1. The van der Waals surface area contributed by atoms with Crippen molar-refractivity contribution in [1.29, 1.82) is 0 Å². The second-order valence-corrected chi connectivity index (χ2v) is 22.8. The number of fused-ring (bicyclic) bond motifs is 5. The van der Waals surface area contributed by atoms with Gasteiger partial charge in [0.25, 0.3) is 0 Å². The fourth-order valence-electron chi connectivity index (χ4n) is 14.1. The topological polar surface area (TPSA) is 174 Å². The maximum absolute atomic E-state index is 17.1. The van der Waals surface area contributed by atoms with E-state index in [0.717, 1.165) is 81.3 Å². The van der Waals surface area contributed by atoms with Crippen LogP contribution in [0.25, 0.3) is 43.8 Å². The monoisotopic (exact) mass is 1030 g/mol. The van der Waals surface area contributed by atoms with Crippen LogP contribution < -0.4 is 20.3 Å². The van der Waals surface area contributed by atoms with E-state index in [1.165, 1.54) is 42.7 Å². The highest BCUT2D eigenvalue weighted by atomic mass is 19.1. The van der Waals surface area contributed by atoms with Gasteiger partial charge in [-0.25, -0.2) is 8.78 Å². The van der Waals surface area contributed by atoms with E-state index in [4.69, 9.17) is 21.2 Å². The molecule has 394 valence electrons. The Kier molecular flexibility index (Phi) is 12.4. The molecule has 9 heterocycles. The molecule has 7 aliphatic rings. The van der Waals surface area contributed by atoms with Crippen LogP contribution in [0.5, 0.6) is 11.8 Å². The number of phenols is 1. The van der Waals surface area contributed by atoms with Gasteiger partial charge in [-0.1, -0.05) is 24.1 Å². The van der Waals surface area contributed by atoms with E-state index in [1.54, 1.807) is 6.20 Å². The Labute approximate surface area is 439 Å². The number of carbonyl (C=O) groups excluding carboxylic acids is 3. The number of terminal acetylenes is 1. The zero-order chi connectivity index (χ0) is 52.0. The number of halogens is 2. The van der Waals surface area contributed by atoms with Crippen LogP contribution in [0.15, 0.2) is 48.7 Å². The quantitative estimate of drug-likeness (QED) is 0.104. The highest BCUT2D eigenvalue weighted by molar-refractivity contribution is 6.04. The first-order valence-electron chi connectivity index (χ1n) is 27.4. The second kappa shape index (κ2) is 19.3. The van der Waals surface area contributed by atoms with Gasteiger partial charge in [0, 0.05) is 93.4 Å². The molecular formula is C58H63F2N11O5. The number of phenolic OH excluding ortho intramolecular Hbond substituents is 1. The molecule has 2 bridgehead atoms. The molecule has 1 aliphatic carbocycles. The molecule has 3 unspecified atom stereocenters. The molecule has 6 saturated heterocycles. The summed E-state index contributed by atoms with van der Waals surface area (Å²) in [5, 5.41) is 23.7. The molecule has 18 heteroatoms. The lowest BCUT2D eigenvalue weighted by atomic mass is 9.59. The first kappa shape index (κ1) is 48.8. The molecule has 7 fully saturated rings. The first-order valence-corrected chi connectivity index (χ1v) is 27.4. The smallest absolute Gasteiger partial charge is 0.319 e. The van der Waals surface area contributed by atoms with Gasteiger partial charge in [0.05, 0.1) is 34.6 Å². The fraction of sp³-hybridized carbons (Fsp3) is 0.500. The Morgan fingerprint density at radius 1 is 0.908 bits per heavy atom. The van der Waals surface area contributed by atoms with Gasteiger partial charge in [0.15, 0.2) is 5.82 Å². The summed E-state index contributed by atoms with van der Waals surface area (Å²) in [7, 11) is 1.93.